The highest BCUT2D eigenvalue weighted by molar-refractivity contribution is 6.46. The molecule has 8 heteroatoms. The van der Waals surface area contributed by atoms with Crippen molar-refractivity contribution < 1.29 is 19.6 Å². The number of carbonyl (C=O) groups excluding carboxylic acids is 2. The number of amides is 1. The first-order valence-corrected chi connectivity index (χ1v) is 10.2. The van der Waals surface area contributed by atoms with Crippen LogP contribution in [0.1, 0.15) is 31.0 Å². The van der Waals surface area contributed by atoms with Gasteiger partial charge in [-0.15, -0.1) is 0 Å². The number of hydrogen-bond donors (Lipinski definition) is 1. The lowest BCUT2D eigenvalue weighted by atomic mass is 9.95. The van der Waals surface area contributed by atoms with E-state index in [1.165, 1.54) is 23.1 Å². The Balaban J connectivity index is 2.13. The molecule has 0 spiro atoms. The summed E-state index contributed by atoms with van der Waals surface area (Å²) in [6, 6.07) is 13.4. The highest BCUT2D eigenvalue weighted by Crippen LogP contribution is 2.40. The van der Waals surface area contributed by atoms with Crippen molar-refractivity contribution in [3.05, 3.63) is 81.4 Å². The molecule has 0 bridgehead atoms. The maximum Gasteiger partial charge on any atom is 0.295 e. The van der Waals surface area contributed by atoms with Gasteiger partial charge in [0.05, 0.1) is 16.5 Å². The molecule has 1 heterocycles. The van der Waals surface area contributed by atoms with E-state index >= 15 is 0 Å². The number of nitrogens with zero attached hydrogens (tertiary/aromatic N) is 3. The van der Waals surface area contributed by atoms with E-state index in [-0.39, 0.29) is 23.6 Å². The van der Waals surface area contributed by atoms with Crippen LogP contribution in [0.4, 0.5) is 5.69 Å². The molecule has 0 radical (unpaired) electrons. The number of non-ortho nitro benzene ring substituents is 1. The zero-order chi connectivity index (χ0) is 22.5. The van der Waals surface area contributed by atoms with E-state index in [2.05, 4.69) is 4.90 Å². The van der Waals surface area contributed by atoms with E-state index in [9.17, 15) is 24.8 Å². The zero-order valence-corrected chi connectivity index (χ0v) is 17.5. The van der Waals surface area contributed by atoms with Crippen molar-refractivity contribution in [2.24, 2.45) is 0 Å². The van der Waals surface area contributed by atoms with Crippen LogP contribution in [0.5, 0.6) is 0 Å². The molecule has 2 aromatic carbocycles. The minimum Gasteiger partial charge on any atom is -0.507 e. The van der Waals surface area contributed by atoms with Gasteiger partial charge in [0.2, 0.25) is 0 Å². The third-order valence-corrected chi connectivity index (χ3v) is 5.54. The highest BCUT2D eigenvalue weighted by atomic mass is 16.6. The Kier molecular flexibility index (Phi) is 6.81. The number of rotatable bonds is 8. The van der Waals surface area contributed by atoms with Crippen molar-refractivity contribution in [2.45, 2.75) is 19.9 Å². The van der Waals surface area contributed by atoms with Crippen molar-refractivity contribution >= 4 is 23.1 Å². The summed E-state index contributed by atoms with van der Waals surface area (Å²) in [4.78, 5) is 40.2. The maximum absolute atomic E-state index is 13.0. The molecule has 0 aliphatic carbocycles. The molecule has 1 fully saturated rings. The third kappa shape index (κ3) is 4.49. The molecule has 3 rings (SSSR count). The number of ketones is 1. The summed E-state index contributed by atoms with van der Waals surface area (Å²) in [5.74, 6) is -1.81. The Bertz CT molecular complexity index is 1010. The topological polar surface area (TPSA) is 104 Å². The van der Waals surface area contributed by atoms with Crippen molar-refractivity contribution in [2.75, 3.05) is 26.2 Å². The van der Waals surface area contributed by atoms with Crippen molar-refractivity contribution in [1.29, 1.82) is 0 Å². The van der Waals surface area contributed by atoms with Crippen LogP contribution in [0.25, 0.3) is 5.76 Å². The summed E-state index contributed by atoms with van der Waals surface area (Å²) in [6.45, 7) is 6.37. The van der Waals surface area contributed by atoms with Crippen LogP contribution in [-0.2, 0) is 9.59 Å². The van der Waals surface area contributed by atoms with Crippen molar-refractivity contribution in [1.82, 2.24) is 9.80 Å². The van der Waals surface area contributed by atoms with Gasteiger partial charge in [-0.2, -0.15) is 0 Å². The second-order valence-corrected chi connectivity index (χ2v) is 7.24. The molecule has 1 N–H and O–H groups in total. The monoisotopic (exact) mass is 423 g/mol. The predicted octanol–water partition coefficient (Wildman–Crippen LogP) is 3.36. The number of aliphatic hydroxyl groups excluding tert-OH is 1. The van der Waals surface area contributed by atoms with Gasteiger partial charge < -0.3 is 14.9 Å². The average molecular weight is 423 g/mol. The second-order valence-electron chi connectivity index (χ2n) is 7.24. The van der Waals surface area contributed by atoms with Crippen LogP contribution in [0.2, 0.25) is 0 Å². The van der Waals surface area contributed by atoms with Crippen LogP contribution >= 0.6 is 0 Å². The fourth-order valence-electron chi connectivity index (χ4n) is 3.81. The van der Waals surface area contributed by atoms with Crippen LogP contribution in [0, 0.1) is 10.1 Å². The summed E-state index contributed by atoms with van der Waals surface area (Å²) >= 11 is 0. The number of likely N-dealkylation sites (N-methyl/N-ethyl adjacent to an activating group) is 1. The van der Waals surface area contributed by atoms with Gasteiger partial charge >= 0.3 is 0 Å². The molecule has 8 nitrogen and oxygen atoms in total. The van der Waals surface area contributed by atoms with E-state index in [0.717, 1.165) is 13.1 Å². The fraction of sp³-hybridized carbons (Fsp3) is 0.304. The van der Waals surface area contributed by atoms with Crippen LogP contribution in [0.15, 0.2) is 60.2 Å². The van der Waals surface area contributed by atoms with Crippen molar-refractivity contribution in [3.63, 3.8) is 0 Å². The average Bonchev–Trinajstić information content (AvgIpc) is 3.05. The molecule has 1 amide bonds. The third-order valence-electron chi connectivity index (χ3n) is 5.54. The number of aliphatic hydroxyl groups is 1. The standard InChI is InChI=1S/C23H25N3O5/c1-3-24(4-2)13-14-25-20(17-11-8-12-18(15-17)26(30)31)19(22(28)23(25)29)21(27)16-9-6-5-7-10-16/h5-12,15,20,27H,3-4,13-14H2,1-2H3/b21-19+/t20-/m0/s1. The van der Waals surface area contributed by atoms with E-state index in [4.69, 9.17) is 0 Å². The molecule has 2 aromatic rings. The van der Waals surface area contributed by atoms with Gasteiger partial charge in [0.15, 0.2) is 0 Å². The SMILES string of the molecule is CCN(CC)CCN1C(=O)C(=O)/C(=C(/O)c2ccccc2)[C@@H]1c1cccc([N+](=O)[O-])c1. The van der Waals surface area contributed by atoms with Gasteiger partial charge in [0.25, 0.3) is 17.4 Å². The molecule has 1 aliphatic rings. The first-order chi connectivity index (χ1) is 14.9. The molecule has 0 aromatic heterocycles. The maximum atomic E-state index is 13.0. The van der Waals surface area contributed by atoms with Gasteiger partial charge in [-0.25, -0.2) is 0 Å². The van der Waals surface area contributed by atoms with Crippen LogP contribution < -0.4 is 0 Å². The van der Waals surface area contributed by atoms with Gasteiger partial charge in [0, 0.05) is 30.8 Å². The number of likely N-dealkylation sites (tertiary alicyclic amines) is 1. The van der Waals surface area contributed by atoms with Gasteiger partial charge in [0.1, 0.15) is 5.76 Å². The van der Waals surface area contributed by atoms with Gasteiger partial charge in [-0.1, -0.05) is 56.3 Å². The van der Waals surface area contributed by atoms with Crippen LogP contribution in [0.3, 0.4) is 0 Å². The smallest absolute Gasteiger partial charge is 0.295 e. The molecule has 0 saturated carbocycles. The molecule has 1 saturated heterocycles. The van der Waals surface area contributed by atoms with Crippen LogP contribution in [-0.4, -0.2) is 57.7 Å². The summed E-state index contributed by atoms with van der Waals surface area (Å²) in [5, 5.41) is 22.2. The Morgan fingerprint density at radius 3 is 2.39 bits per heavy atom. The Morgan fingerprint density at radius 1 is 1.10 bits per heavy atom. The summed E-state index contributed by atoms with van der Waals surface area (Å²) in [7, 11) is 0. The summed E-state index contributed by atoms with van der Waals surface area (Å²) in [5.41, 5.74) is 0.605. The van der Waals surface area contributed by atoms with Gasteiger partial charge in [-0.05, 0) is 18.7 Å². The highest BCUT2D eigenvalue weighted by Gasteiger charge is 2.46. The molecule has 1 aliphatic heterocycles. The Hall–Kier alpha value is -3.52. The first kappa shape index (κ1) is 22.2. The zero-order valence-electron chi connectivity index (χ0n) is 17.5. The molecular formula is C23H25N3O5. The summed E-state index contributed by atoms with van der Waals surface area (Å²) < 4.78 is 0. The molecule has 31 heavy (non-hydrogen) atoms. The number of hydrogen-bond acceptors (Lipinski definition) is 6. The molecule has 1 atom stereocenters. The van der Waals surface area contributed by atoms with E-state index in [1.807, 2.05) is 13.8 Å². The molecule has 0 unspecified atom stereocenters. The van der Waals surface area contributed by atoms with Crippen molar-refractivity contribution in [3.8, 4) is 0 Å². The number of benzene rings is 2. The number of carbonyl (C=O) groups is 2. The van der Waals surface area contributed by atoms with E-state index in [0.29, 0.717) is 17.7 Å². The second kappa shape index (κ2) is 9.53. The Labute approximate surface area is 180 Å². The molecule has 162 valence electrons. The minimum atomic E-state index is -0.907. The predicted molar refractivity (Wildman–Crippen MR) is 116 cm³/mol. The summed E-state index contributed by atoms with van der Waals surface area (Å²) in [6.07, 6.45) is 0. The van der Waals surface area contributed by atoms with Gasteiger partial charge in [-0.3, -0.25) is 19.7 Å². The quantitative estimate of drug-likeness (QED) is 0.230. The van der Waals surface area contributed by atoms with E-state index < -0.39 is 22.7 Å². The number of nitro benzene ring substituents is 1. The minimum absolute atomic E-state index is 0.0590. The lowest BCUT2D eigenvalue weighted by Gasteiger charge is -2.28. The first-order valence-electron chi connectivity index (χ1n) is 10.2. The largest absolute Gasteiger partial charge is 0.507 e. The van der Waals surface area contributed by atoms with E-state index in [1.54, 1.807) is 36.4 Å². The fourth-order valence-corrected chi connectivity index (χ4v) is 3.81. The number of nitro groups is 1. The normalized spacial score (nSPS) is 18.0. The lowest BCUT2D eigenvalue weighted by molar-refractivity contribution is -0.384. The lowest BCUT2D eigenvalue weighted by Crippen LogP contribution is -2.38. The Morgan fingerprint density at radius 2 is 1.77 bits per heavy atom. The number of Topliss-reactive ketones (excluding diaryl/α,β-unsaturated/α-hetero) is 1. The molecular weight excluding hydrogens is 398 g/mol.